The maximum absolute atomic E-state index is 12.3. The third-order valence-electron chi connectivity index (χ3n) is 3.48. The molecule has 0 heterocycles. The standard InChI is InChI=1S/C14H19NO2/c1-15(9-10-16)14(17)13-8-4-6-11-5-2-3-7-12(11)13/h2-3,5,7,13,16H,4,6,8-10H2,1H3. The van der Waals surface area contributed by atoms with Crippen molar-refractivity contribution < 1.29 is 9.90 Å². The van der Waals surface area contributed by atoms with Gasteiger partial charge in [-0.1, -0.05) is 24.3 Å². The molecule has 1 aliphatic carbocycles. The molecule has 1 amide bonds. The number of aryl methyl sites for hydroxylation is 1. The Morgan fingerprint density at radius 1 is 1.47 bits per heavy atom. The average Bonchev–Trinajstić information content (AvgIpc) is 2.37. The van der Waals surface area contributed by atoms with E-state index in [0.29, 0.717) is 6.54 Å². The zero-order chi connectivity index (χ0) is 12.3. The van der Waals surface area contributed by atoms with E-state index >= 15 is 0 Å². The molecule has 1 aromatic carbocycles. The molecule has 0 fully saturated rings. The molecule has 0 saturated carbocycles. The second kappa shape index (κ2) is 5.32. The van der Waals surface area contributed by atoms with E-state index in [9.17, 15) is 4.79 Å². The van der Waals surface area contributed by atoms with Crippen LogP contribution in [0, 0.1) is 0 Å². The number of aliphatic hydroxyl groups is 1. The number of benzene rings is 1. The summed E-state index contributed by atoms with van der Waals surface area (Å²) in [4.78, 5) is 13.9. The van der Waals surface area contributed by atoms with Crippen LogP contribution in [0.15, 0.2) is 24.3 Å². The van der Waals surface area contributed by atoms with Crippen molar-refractivity contribution in [1.29, 1.82) is 0 Å². The van der Waals surface area contributed by atoms with Crippen LogP contribution in [0.2, 0.25) is 0 Å². The van der Waals surface area contributed by atoms with E-state index in [0.717, 1.165) is 19.3 Å². The maximum atomic E-state index is 12.3. The average molecular weight is 233 g/mol. The molecule has 0 spiro atoms. The first-order chi connectivity index (χ1) is 8.24. The first kappa shape index (κ1) is 12.1. The van der Waals surface area contributed by atoms with Crippen LogP contribution in [0.25, 0.3) is 0 Å². The third-order valence-corrected chi connectivity index (χ3v) is 3.48. The highest BCUT2D eigenvalue weighted by Gasteiger charge is 2.27. The third kappa shape index (κ3) is 2.50. The number of hydrogen-bond acceptors (Lipinski definition) is 2. The highest BCUT2D eigenvalue weighted by molar-refractivity contribution is 5.84. The van der Waals surface area contributed by atoms with E-state index in [1.54, 1.807) is 11.9 Å². The molecule has 3 heteroatoms. The molecule has 0 bridgehead atoms. The fraction of sp³-hybridized carbons (Fsp3) is 0.500. The number of nitrogens with zero attached hydrogens (tertiary/aromatic N) is 1. The summed E-state index contributed by atoms with van der Waals surface area (Å²) in [7, 11) is 1.76. The lowest BCUT2D eigenvalue weighted by Gasteiger charge is -2.28. The predicted molar refractivity (Wildman–Crippen MR) is 66.8 cm³/mol. The number of carbonyl (C=O) groups excluding carboxylic acids is 1. The minimum atomic E-state index is -0.0171. The molecule has 1 aromatic rings. The van der Waals surface area contributed by atoms with Gasteiger partial charge >= 0.3 is 0 Å². The Bertz CT molecular complexity index is 403. The highest BCUT2D eigenvalue weighted by atomic mass is 16.3. The SMILES string of the molecule is CN(CCO)C(=O)C1CCCc2ccccc21. The lowest BCUT2D eigenvalue weighted by molar-refractivity contribution is -0.132. The summed E-state index contributed by atoms with van der Waals surface area (Å²) in [5, 5.41) is 8.89. The monoisotopic (exact) mass is 233 g/mol. The van der Waals surface area contributed by atoms with E-state index in [4.69, 9.17) is 5.11 Å². The lowest BCUT2D eigenvalue weighted by Crippen LogP contribution is -2.35. The van der Waals surface area contributed by atoms with E-state index < -0.39 is 0 Å². The molecule has 1 aliphatic rings. The second-order valence-electron chi connectivity index (χ2n) is 4.63. The Labute approximate surface area is 102 Å². The molecule has 1 atom stereocenters. The van der Waals surface area contributed by atoms with Crippen LogP contribution >= 0.6 is 0 Å². The van der Waals surface area contributed by atoms with E-state index in [-0.39, 0.29) is 18.4 Å². The van der Waals surface area contributed by atoms with Crippen LogP contribution in [0.4, 0.5) is 0 Å². The van der Waals surface area contributed by atoms with Gasteiger partial charge in [-0.25, -0.2) is 0 Å². The highest BCUT2D eigenvalue weighted by Crippen LogP contribution is 2.32. The van der Waals surface area contributed by atoms with E-state index in [2.05, 4.69) is 12.1 Å². The Hall–Kier alpha value is -1.35. The topological polar surface area (TPSA) is 40.5 Å². The minimum Gasteiger partial charge on any atom is -0.395 e. The zero-order valence-corrected chi connectivity index (χ0v) is 10.2. The van der Waals surface area contributed by atoms with Gasteiger partial charge in [0, 0.05) is 13.6 Å². The van der Waals surface area contributed by atoms with Crippen molar-refractivity contribution in [3.05, 3.63) is 35.4 Å². The maximum Gasteiger partial charge on any atom is 0.229 e. The number of amides is 1. The van der Waals surface area contributed by atoms with Gasteiger partial charge in [-0.3, -0.25) is 4.79 Å². The van der Waals surface area contributed by atoms with Gasteiger partial charge in [0.25, 0.3) is 0 Å². The number of fused-ring (bicyclic) bond motifs is 1. The summed E-state index contributed by atoms with van der Waals surface area (Å²) >= 11 is 0. The first-order valence-corrected chi connectivity index (χ1v) is 6.17. The van der Waals surface area contributed by atoms with Gasteiger partial charge in [0.2, 0.25) is 5.91 Å². The van der Waals surface area contributed by atoms with Crippen LogP contribution in [0.3, 0.4) is 0 Å². The molecule has 2 rings (SSSR count). The molecule has 17 heavy (non-hydrogen) atoms. The van der Waals surface area contributed by atoms with Crippen molar-refractivity contribution in [3.8, 4) is 0 Å². The summed E-state index contributed by atoms with van der Waals surface area (Å²) < 4.78 is 0. The van der Waals surface area contributed by atoms with Crippen LogP contribution in [0.1, 0.15) is 29.9 Å². The summed E-state index contributed by atoms with van der Waals surface area (Å²) in [6, 6.07) is 8.20. The number of hydrogen-bond donors (Lipinski definition) is 1. The molecule has 1 N–H and O–H groups in total. The van der Waals surface area contributed by atoms with Gasteiger partial charge in [0.1, 0.15) is 0 Å². The van der Waals surface area contributed by atoms with Gasteiger partial charge in [-0.15, -0.1) is 0 Å². The summed E-state index contributed by atoms with van der Waals surface area (Å²) in [6.45, 7) is 0.439. The first-order valence-electron chi connectivity index (χ1n) is 6.17. The number of aliphatic hydroxyl groups excluding tert-OH is 1. The van der Waals surface area contributed by atoms with Crippen LogP contribution < -0.4 is 0 Å². The Morgan fingerprint density at radius 2 is 2.24 bits per heavy atom. The fourth-order valence-electron chi connectivity index (χ4n) is 2.54. The second-order valence-corrected chi connectivity index (χ2v) is 4.63. The minimum absolute atomic E-state index is 0.0171. The van der Waals surface area contributed by atoms with Gasteiger partial charge in [-0.05, 0) is 30.4 Å². The smallest absolute Gasteiger partial charge is 0.229 e. The van der Waals surface area contributed by atoms with E-state index in [1.807, 2.05) is 12.1 Å². The summed E-state index contributed by atoms with van der Waals surface area (Å²) in [5.41, 5.74) is 2.48. The summed E-state index contributed by atoms with van der Waals surface area (Å²) in [6.07, 6.45) is 3.07. The zero-order valence-electron chi connectivity index (χ0n) is 10.2. The Balaban J connectivity index is 2.20. The van der Waals surface area contributed by atoms with Gasteiger partial charge in [0.05, 0.1) is 12.5 Å². The normalized spacial score (nSPS) is 18.6. The molecular weight excluding hydrogens is 214 g/mol. The van der Waals surface area contributed by atoms with Crippen LogP contribution in [-0.2, 0) is 11.2 Å². The van der Waals surface area contributed by atoms with Crippen molar-refractivity contribution in [2.24, 2.45) is 0 Å². The molecule has 0 aromatic heterocycles. The van der Waals surface area contributed by atoms with Crippen molar-refractivity contribution in [2.45, 2.75) is 25.2 Å². The molecule has 1 unspecified atom stereocenters. The fourth-order valence-corrected chi connectivity index (χ4v) is 2.54. The Morgan fingerprint density at radius 3 is 3.00 bits per heavy atom. The van der Waals surface area contributed by atoms with Crippen molar-refractivity contribution in [1.82, 2.24) is 4.90 Å². The quantitative estimate of drug-likeness (QED) is 0.860. The predicted octanol–water partition coefficient (Wildman–Crippen LogP) is 1.56. The van der Waals surface area contributed by atoms with Crippen molar-refractivity contribution in [2.75, 3.05) is 20.2 Å². The molecule has 0 saturated heterocycles. The molecule has 0 aliphatic heterocycles. The van der Waals surface area contributed by atoms with Gasteiger partial charge in [0.15, 0.2) is 0 Å². The van der Waals surface area contributed by atoms with Gasteiger partial charge < -0.3 is 10.0 Å². The summed E-state index contributed by atoms with van der Waals surface area (Å²) in [5.74, 6) is 0.114. The molecule has 0 radical (unpaired) electrons. The largest absolute Gasteiger partial charge is 0.395 e. The number of carbonyl (C=O) groups is 1. The molecular formula is C14H19NO2. The van der Waals surface area contributed by atoms with Crippen LogP contribution in [-0.4, -0.2) is 36.1 Å². The molecule has 3 nitrogen and oxygen atoms in total. The van der Waals surface area contributed by atoms with E-state index in [1.165, 1.54) is 11.1 Å². The van der Waals surface area contributed by atoms with Gasteiger partial charge in [-0.2, -0.15) is 0 Å². The van der Waals surface area contributed by atoms with Crippen molar-refractivity contribution in [3.63, 3.8) is 0 Å². The number of likely N-dealkylation sites (N-methyl/N-ethyl adjacent to an activating group) is 1. The Kier molecular flexibility index (Phi) is 3.79. The van der Waals surface area contributed by atoms with Crippen molar-refractivity contribution >= 4 is 5.91 Å². The molecule has 92 valence electrons. The number of rotatable bonds is 3. The lowest BCUT2D eigenvalue weighted by atomic mass is 9.82. The van der Waals surface area contributed by atoms with Crippen LogP contribution in [0.5, 0.6) is 0 Å².